The van der Waals surface area contributed by atoms with Crippen LogP contribution < -0.4 is 10.2 Å². The molecule has 2 aromatic carbocycles. The Morgan fingerprint density at radius 1 is 1.10 bits per heavy atom. The number of carbonyl (C=O) groups is 1. The molecule has 0 aliphatic carbocycles. The van der Waals surface area contributed by atoms with E-state index >= 15 is 0 Å². The van der Waals surface area contributed by atoms with Crippen molar-refractivity contribution in [2.24, 2.45) is 0 Å². The second-order valence-corrected chi connectivity index (χ2v) is 9.09. The molecule has 0 radical (unpaired) electrons. The largest absolute Gasteiger partial charge is 0.760 e. The van der Waals surface area contributed by atoms with Gasteiger partial charge in [-0.05, 0) is 75.5 Å². The lowest BCUT2D eigenvalue weighted by molar-refractivity contribution is 0.00578. The van der Waals surface area contributed by atoms with Crippen molar-refractivity contribution in [1.29, 1.82) is 0 Å². The van der Waals surface area contributed by atoms with Gasteiger partial charge in [0.15, 0.2) is 5.78 Å². The van der Waals surface area contributed by atoms with Crippen molar-refractivity contribution in [3.8, 4) is 0 Å². The molecule has 2 aromatic rings. The van der Waals surface area contributed by atoms with Crippen molar-refractivity contribution in [2.75, 3.05) is 6.54 Å². The third-order valence-electron chi connectivity index (χ3n) is 5.69. The van der Waals surface area contributed by atoms with Crippen molar-refractivity contribution in [3.05, 3.63) is 64.7 Å². The van der Waals surface area contributed by atoms with Crippen LogP contribution in [-0.4, -0.2) is 39.4 Å². The molecule has 1 fully saturated rings. The highest BCUT2D eigenvalue weighted by Gasteiger charge is 2.52. The molecular formula is C21H23BF2NO5S-. The molecular weight excluding hydrogens is 427 g/mol. The van der Waals surface area contributed by atoms with Gasteiger partial charge in [-0.3, -0.25) is 9.00 Å². The molecule has 1 atom stereocenters. The van der Waals surface area contributed by atoms with Gasteiger partial charge in [0.05, 0.1) is 11.2 Å². The number of halogens is 2. The fourth-order valence-electron chi connectivity index (χ4n) is 3.22. The zero-order chi connectivity index (χ0) is 23.0. The molecule has 1 unspecified atom stereocenters. The van der Waals surface area contributed by atoms with E-state index in [0.717, 1.165) is 18.2 Å². The van der Waals surface area contributed by atoms with E-state index in [1.807, 2.05) is 27.7 Å². The molecule has 0 spiro atoms. The van der Waals surface area contributed by atoms with E-state index in [4.69, 9.17) is 9.31 Å². The maximum absolute atomic E-state index is 14.8. The molecule has 6 nitrogen and oxygen atoms in total. The Balaban J connectivity index is 2.04. The summed E-state index contributed by atoms with van der Waals surface area (Å²) < 4.78 is 63.8. The van der Waals surface area contributed by atoms with Crippen molar-refractivity contribution >= 4 is 29.6 Å². The number of benzene rings is 2. The molecule has 10 heteroatoms. The summed E-state index contributed by atoms with van der Waals surface area (Å²) in [7, 11) is -0.939. The Morgan fingerprint density at radius 2 is 1.68 bits per heavy atom. The van der Waals surface area contributed by atoms with Crippen LogP contribution in [0.4, 0.5) is 8.78 Å². The van der Waals surface area contributed by atoms with Gasteiger partial charge in [-0.25, -0.2) is 13.5 Å². The number of nitrogens with one attached hydrogen (secondary N) is 1. The minimum absolute atomic E-state index is 0.0128. The van der Waals surface area contributed by atoms with Gasteiger partial charge < -0.3 is 13.9 Å². The number of ketones is 1. The van der Waals surface area contributed by atoms with Gasteiger partial charge in [-0.2, -0.15) is 0 Å². The van der Waals surface area contributed by atoms with E-state index in [2.05, 4.69) is 4.72 Å². The highest BCUT2D eigenvalue weighted by atomic mass is 32.2. The van der Waals surface area contributed by atoms with Gasteiger partial charge in [0.1, 0.15) is 11.6 Å². The normalized spacial score (nSPS) is 18.2. The molecule has 1 aliphatic heterocycles. The molecule has 3 rings (SSSR count). The van der Waals surface area contributed by atoms with Crippen molar-refractivity contribution in [2.45, 2.75) is 45.3 Å². The smallest absolute Gasteiger partial charge is 0.495 e. The Bertz CT molecular complexity index is 998. The maximum Gasteiger partial charge on any atom is 0.495 e. The van der Waals surface area contributed by atoms with Gasteiger partial charge >= 0.3 is 7.12 Å². The van der Waals surface area contributed by atoms with Gasteiger partial charge in [0.2, 0.25) is 0 Å². The lowest BCUT2D eigenvalue weighted by atomic mass is 9.73. The Hall–Kier alpha value is -1.98. The second-order valence-electron chi connectivity index (χ2n) is 8.33. The van der Waals surface area contributed by atoms with E-state index in [-0.39, 0.29) is 29.7 Å². The van der Waals surface area contributed by atoms with Gasteiger partial charge in [0.25, 0.3) is 0 Å². The topological polar surface area (TPSA) is 87.7 Å². The average molecular weight is 450 g/mol. The van der Waals surface area contributed by atoms with Crippen LogP contribution >= 0.6 is 0 Å². The quantitative estimate of drug-likeness (QED) is 0.398. The minimum atomic E-state index is -2.47. The summed E-state index contributed by atoms with van der Waals surface area (Å²) in [6.45, 7) is 7.40. The summed E-state index contributed by atoms with van der Waals surface area (Å²) >= 11 is -2.47. The zero-order valence-electron chi connectivity index (χ0n) is 17.7. The first-order valence-electron chi connectivity index (χ1n) is 9.72. The Kier molecular flexibility index (Phi) is 6.78. The number of carbonyl (C=O) groups excluding carboxylic acids is 1. The van der Waals surface area contributed by atoms with Crippen LogP contribution in [0.1, 0.15) is 49.2 Å². The van der Waals surface area contributed by atoms with Crippen LogP contribution in [0.25, 0.3) is 0 Å². The van der Waals surface area contributed by atoms with Crippen molar-refractivity contribution in [3.63, 3.8) is 0 Å². The lowest BCUT2D eigenvalue weighted by Gasteiger charge is -2.32. The summed E-state index contributed by atoms with van der Waals surface area (Å²) in [5.41, 5.74) is -0.625. The minimum Gasteiger partial charge on any atom is -0.760 e. The third-order valence-corrected chi connectivity index (χ3v) is 6.13. The van der Waals surface area contributed by atoms with Crippen LogP contribution in [0, 0.1) is 11.6 Å². The number of hydrogen-bond donors (Lipinski definition) is 1. The van der Waals surface area contributed by atoms with Gasteiger partial charge in [-0.15, -0.1) is 0 Å². The molecule has 166 valence electrons. The number of hydrogen-bond acceptors (Lipinski definition) is 5. The molecule has 0 amide bonds. The third kappa shape index (κ3) is 5.10. The Morgan fingerprint density at radius 3 is 2.23 bits per heavy atom. The second kappa shape index (κ2) is 8.87. The fourth-order valence-corrected chi connectivity index (χ4v) is 3.48. The summed E-state index contributed by atoms with van der Waals surface area (Å²) in [5, 5.41) is 0. The van der Waals surface area contributed by atoms with Gasteiger partial charge in [0, 0.05) is 28.9 Å². The van der Waals surface area contributed by atoms with Crippen LogP contribution in [0.5, 0.6) is 0 Å². The first-order chi connectivity index (χ1) is 14.4. The van der Waals surface area contributed by atoms with E-state index in [9.17, 15) is 22.3 Å². The van der Waals surface area contributed by atoms with Crippen molar-refractivity contribution < 1.29 is 31.6 Å². The zero-order valence-corrected chi connectivity index (χ0v) is 18.5. The molecule has 1 heterocycles. The highest BCUT2D eigenvalue weighted by Crippen LogP contribution is 2.37. The molecule has 1 saturated heterocycles. The summed E-state index contributed by atoms with van der Waals surface area (Å²) in [6.07, 6.45) is 0.0668. The van der Waals surface area contributed by atoms with Gasteiger partial charge in [-0.1, -0.05) is 6.07 Å². The SMILES string of the molecule is CC1(C)OB(c2cc(CCNS(=O)[O-])c(F)cc2C(=O)c2ccc(F)cc2)OC1(C)C. The molecule has 1 N–H and O–H groups in total. The van der Waals surface area contributed by atoms with Crippen molar-refractivity contribution in [1.82, 2.24) is 4.72 Å². The monoisotopic (exact) mass is 450 g/mol. The van der Waals surface area contributed by atoms with Crippen LogP contribution in [0.2, 0.25) is 0 Å². The van der Waals surface area contributed by atoms with Crippen LogP contribution in [0.3, 0.4) is 0 Å². The standard InChI is InChI=1S/C21H24BF2NO5S/c1-20(2)21(3,4)30-22(29-20)17-11-14(9-10-25-31(27)28)18(24)12-16(17)19(26)13-5-7-15(23)8-6-13/h5-8,11-12,25H,9-10H2,1-4H3,(H,27,28)/p-1. The molecule has 0 bridgehead atoms. The summed E-state index contributed by atoms with van der Waals surface area (Å²) in [6, 6.07) is 7.51. The molecule has 31 heavy (non-hydrogen) atoms. The molecule has 1 aliphatic rings. The predicted octanol–water partition coefficient (Wildman–Crippen LogP) is 2.42. The highest BCUT2D eigenvalue weighted by molar-refractivity contribution is 7.77. The van der Waals surface area contributed by atoms with Crippen LogP contribution in [0.15, 0.2) is 36.4 Å². The van der Waals surface area contributed by atoms with E-state index in [1.165, 1.54) is 18.2 Å². The van der Waals surface area contributed by atoms with E-state index in [0.29, 0.717) is 5.46 Å². The molecule has 0 aromatic heterocycles. The summed E-state index contributed by atoms with van der Waals surface area (Å²) in [4.78, 5) is 13.1. The van der Waals surface area contributed by atoms with E-state index in [1.54, 1.807) is 0 Å². The predicted molar refractivity (Wildman–Crippen MR) is 113 cm³/mol. The van der Waals surface area contributed by atoms with Crippen LogP contribution in [-0.2, 0) is 27.0 Å². The fraction of sp³-hybridized carbons (Fsp3) is 0.381. The molecule has 0 saturated carbocycles. The number of rotatable bonds is 7. The van der Waals surface area contributed by atoms with E-state index < -0.39 is 47.0 Å². The summed E-state index contributed by atoms with van der Waals surface area (Å²) in [5.74, 6) is -1.66. The first-order valence-corrected chi connectivity index (χ1v) is 10.8. The maximum atomic E-state index is 14.8. The first kappa shape index (κ1) is 23.7. The average Bonchev–Trinajstić information content (AvgIpc) is 2.89. The lowest BCUT2D eigenvalue weighted by Crippen LogP contribution is -2.41. The Labute approximate surface area is 182 Å².